The molecule has 1 amide bonds. The molecule has 1 aliphatic carbocycles. The highest BCUT2D eigenvalue weighted by molar-refractivity contribution is 6.30. The van der Waals surface area contributed by atoms with E-state index < -0.39 is 5.41 Å². The fourth-order valence-electron chi connectivity index (χ4n) is 3.13. The molecule has 1 heterocycles. The predicted octanol–water partition coefficient (Wildman–Crippen LogP) is 3.87. The van der Waals surface area contributed by atoms with Gasteiger partial charge in [-0.15, -0.1) is 0 Å². The predicted molar refractivity (Wildman–Crippen MR) is 94.2 cm³/mol. The van der Waals surface area contributed by atoms with Crippen LogP contribution in [0, 0.1) is 0 Å². The number of carbonyl (C=O) groups is 1. The Morgan fingerprint density at radius 3 is 2.83 bits per heavy atom. The summed E-state index contributed by atoms with van der Waals surface area (Å²) in [5.41, 5.74) is 1.42. The third kappa shape index (κ3) is 3.24. The molecule has 3 rings (SSSR count). The van der Waals surface area contributed by atoms with E-state index >= 15 is 0 Å². The molecule has 0 atom stereocenters. The van der Waals surface area contributed by atoms with E-state index in [0.29, 0.717) is 24.1 Å². The molecule has 1 aromatic heterocycles. The minimum atomic E-state index is -0.459. The van der Waals surface area contributed by atoms with Crippen molar-refractivity contribution in [3.8, 4) is 5.88 Å². The Morgan fingerprint density at radius 1 is 1.33 bits per heavy atom. The number of aromatic nitrogens is 1. The maximum atomic E-state index is 12.9. The van der Waals surface area contributed by atoms with Crippen molar-refractivity contribution in [1.82, 2.24) is 10.3 Å². The van der Waals surface area contributed by atoms with E-state index in [1.807, 2.05) is 43.3 Å². The molecule has 1 aromatic carbocycles. The van der Waals surface area contributed by atoms with Gasteiger partial charge in [0.2, 0.25) is 11.8 Å². The number of ether oxygens (including phenoxy) is 1. The normalized spacial score (nSPS) is 15.4. The second-order valence-electron chi connectivity index (χ2n) is 6.03. The number of nitrogens with one attached hydrogen (secondary N) is 1. The van der Waals surface area contributed by atoms with Crippen LogP contribution >= 0.6 is 11.6 Å². The van der Waals surface area contributed by atoms with Gasteiger partial charge in [-0.1, -0.05) is 36.2 Å². The molecule has 4 nitrogen and oxygen atoms in total. The van der Waals surface area contributed by atoms with Crippen LogP contribution in [0.4, 0.5) is 0 Å². The lowest BCUT2D eigenvalue weighted by Crippen LogP contribution is -2.49. The number of hydrogen-bond donors (Lipinski definition) is 1. The fraction of sp³-hybridized carbons (Fsp3) is 0.368. The number of benzene rings is 1. The molecule has 1 fully saturated rings. The van der Waals surface area contributed by atoms with Crippen molar-refractivity contribution in [1.29, 1.82) is 0 Å². The molecular formula is C19H21ClN2O2. The highest BCUT2D eigenvalue weighted by atomic mass is 35.5. The Morgan fingerprint density at radius 2 is 2.17 bits per heavy atom. The highest BCUT2D eigenvalue weighted by Gasteiger charge is 2.45. The quantitative estimate of drug-likeness (QED) is 0.865. The van der Waals surface area contributed by atoms with Gasteiger partial charge in [0.15, 0.2) is 0 Å². The molecule has 0 unspecified atom stereocenters. The maximum Gasteiger partial charge on any atom is 0.230 e. The summed E-state index contributed by atoms with van der Waals surface area (Å²) in [4.78, 5) is 17.1. The molecule has 1 N–H and O–H groups in total. The van der Waals surface area contributed by atoms with Gasteiger partial charge in [0.1, 0.15) is 0 Å². The lowest BCUT2D eigenvalue weighted by Gasteiger charge is -2.40. The first-order chi connectivity index (χ1) is 11.7. The Hall–Kier alpha value is -2.07. The van der Waals surface area contributed by atoms with E-state index in [1.54, 1.807) is 6.20 Å². The van der Waals surface area contributed by atoms with Crippen LogP contribution in [0.3, 0.4) is 0 Å². The van der Waals surface area contributed by atoms with Gasteiger partial charge in [-0.25, -0.2) is 4.98 Å². The maximum absolute atomic E-state index is 12.9. The molecule has 2 aromatic rings. The zero-order chi connectivity index (χ0) is 17.0. The number of pyridine rings is 1. The van der Waals surface area contributed by atoms with Crippen molar-refractivity contribution in [3.63, 3.8) is 0 Å². The number of halogens is 1. The average molecular weight is 345 g/mol. The topological polar surface area (TPSA) is 51.2 Å². The van der Waals surface area contributed by atoms with Gasteiger partial charge in [-0.3, -0.25) is 4.79 Å². The number of carbonyl (C=O) groups excluding carboxylic acids is 1. The standard InChI is InChI=1S/C19H21ClN2O2/c1-2-24-17-14(6-4-11-21-17)13-22-18(23)19(9-5-10-19)15-7-3-8-16(20)12-15/h3-4,6-8,11-12H,2,5,9-10,13H2,1H3,(H,22,23). The molecule has 1 saturated carbocycles. The van der Waals surface area contributed by atoms with Crippen LogP contribution in [0.5, 0.6) is 5.88 Å². The van der Waals surface area contributed by atoms with Gasteiger partial charge in [0.25, 0.3) is 0 Å². The van der Waals surface area contributed by atoms with E-state index in [2.05, 4.69) is 10.3 Å². The first kappa shape index (κ1) is 16.8. The molecule has 0 spiro atoms. The first-order valence-electron chi connectivity index (χ1n) is 8.27. The molecule has 0 radical (unpaired) electrons. The van der Waals surface area contributed by atoms with Crippen LogP contribution in [0.15, 0.2) is 42.6 Å². The van der Waals surface area contributed by atoms with Crippen molar-refractivity contribution < 1.29 is 9.53 Å². The van der Waals surface area contributed by atoms with Crippen molar-refractivity contribution in [2.45, 2.75) is 38.1 Å². The largest absolute Gasteiger partial charge is 0.478 e. The highest BCUT2D eigenvalue weighted by Crippen LogP contribution is 2.44. The van der Waals surface area contributed by atoms with Crippen molar-refractivity contribution in [2.75, 3.05) is 6.61 Å². The summed E-state index contributed by atoms with van der Waals surface area (Å²) in [5, 5.41) is 3.72. The molecule has 0 bridgehead atoms. The minimum absolute atomic E-state index is 0.0438. The van der Waals surface area contributed by atoms with E-state index in [1.165, 1.54) is 0 Å². The molecule has 5 heteroatoms. The second-order valence-corrected chi connectivity index (χ2v) is 6.47. The van der Waals surface area contributed by atoms with E-state index in [9.17, 15) is 4.79 Å². The Kier molecular flexibility index (Phi) is 5.05. The molecule has 0 saturated heterocycles. The Balaban J connectivity index is 1.74. The summed E-state index contributed by atoms with van der Waals surface area (Å²) in [5.74, 6) is 0.619. The van der Waals surface area contributed by atoms with Gasteiger partial charge in [-0.05, 0) is 43.5 Å². The molecule has 0 aliphatic heterocycles. The van der Waals surface area contributed by atoms with E-state index in [0.717, 1.165) is 30.4 Å². The fourth-order valence-corrected chi connectivity index (χ4v) is 3.32. The summed E-state index contributed by atoms with van der Waals surface area (Å²) in [7, 11) is 0. The van der Waals surface area contributed by atoms with Crippen molar-refractivity contribution in [3.05, 3.63) is 58.7 Å². The van der Waals surface area contributed by atoms with E-state index in [4.69, 9.17) is 16.3 Å². The van der Waals surface area contributed by atoms with Crippen LogP contribution in [0.2, 0.25) is 5.02 Å². The van der Waals surface area contributed by atoms with Gasteiger partial charge < -0.3 is 10.1 Å². The van der Waals surface area contributed by atoms with Crippen molar-refractivity contribution in [2.24, 2.45) is 0 Å². The number of amides is 1. The van der Waals surface area contributed by atoms with Crippen LogP contribution < -0.4 is 10.1 Å². The summed E-state index contributed by atoms with van der Waals surface area (Å²) >= 11 is 6.11. The summed E-state index contributed by atoms with van der Waals surface area (Å²) in [6.45, 7) is 2.87. The minimum Gasteiger partial charge on any atom is -0.478 e. The van der Waals surface area contributed by atoms with Crippen molar-refractivity contribution >= 4 is 17.5 Å². The third-order valence-electron chi connectivity index (χ3n) is 4.59. The summed E-state index contributed by atoms with van der Waals surface area (Å²) in [6, 6.07) is 11.4. The SMILES string of the molecule is CCOc1ncccc1CNC(=O)C1(c2cccc(Cl)c2)CCC1. The molecule has 126 valence electrons. The van der Waals surface area contributed by atoms with E-state index in [-0.39, 0.29) is 5.91 Å². The summed E-state index contributed by atoms with van der Waals surface area (Å²) < 4.78 is 5.52. The Labute approximate surface area is 147 Å². The zero-order valence-corrected chi connectivity index (χ0v) is 14.5. The molecule has 24 heavy (non-hydrogen) atoms. The third-order valence-corrected chi connectivity index (χ3v) is 4.82. The number of nitrogens with zero attached hydrogens (tertiary/aromatic N) is 1. The van der Waals surface area contributed by atoms with Gasteiger partial charge in [-0.2, -0.15) is 0 Å². The first-order valence-corrected chi connectivity index (χ1v) is 8.64. The van der Waals surface area contributed by atoms with Gasteiger partial charge >= 0.3 is 0 Å². The van der Waals surface area contributed by atoms with Crippen LogP contribution in [-0.2, 0) is 16.8 Å². The lowest BCUT2D eigenvalue weighted by atomic mass is 9.64. The van der Waals surface area contributed by atoms with Gasteiger partial charge in [0.05, 0.1) is 12.0 Å². The van der Waals surface area contributed by atoms with Gasteiger partial charge in [0, 0.05) is 23.3 Å². The van der Waals surface area contributed by atoms with Crippen LogP contribution in [0.25, 0.3) is 0 Å². The summed E-state index contributed by atoms with van der Waals surface area (Å²) in [6.07, 6.45) is 4.45. The Bertz CT molecular complexity index is 729. The smallest absolute Gasteiger partial charge is 0.230 e. The average Bonchev–Trinajstić information content (AvgIpc) is 2.53. The number of rotatable bonds is 6. The van der Waals surface area contributed by atoms with Crippen LogP contribution in [0.1, 0.15) is 37.3 Å². The molecular weight excluding hydrogens is 324 g/mol. The molecule has 1 aliphatic rings. The van der Waals surface area contributed by atoms with Crippen LogP contribution in [-0.4, -0.2) is 17.5 Å². The number of hydrogen-bond acceptors (Lipinski definition) is 3. The zero-order valence-electron chi connectivity index (χ0n) is 13.7. The second kappa shape index (κ2) is 7.22. The lowest BCUT2D eigenvalue weighted by molar-refractivity contribution is -0.130. The monoisotopic (exact) mass is 344 g/mol.